The van der Waals surface area contributed by atoms with Gasteiger partial charge in [-0.05, 0) is 36.6 Å². The highest BCUT2D eigenvalue weighted by Crippen LogP contribution is 2.31. The van der Waals surface area contributed by atoms with Gasteiger partial charge >= 0.3 is 0 Å². The Morgan fingerprint density at radius 1 is 0.923 bits per heavy atom. The van der Waals surface area contributed by atoms with E-state index in [2.05, 4.69) is 17.4 Å². The maximum Gasteiger partial charge on any atom is 0.220 e. The summed E-state index contributed by atoms with van der Waals surface area (Å²) in [5, 5.41) is 2.87. The number of hydrogen-bond acceptors (Lipinski definition) is 4. The minimum absolute atomic E-state index is 0.0681. The molecule has 1 aliphatic rings. The number of nitrogens with one attached hydrogen (secondary N) is 1. The zero-order chi connectivity index (χ0) is 18.2. The lowest BCUT2D eigenvalue weighted by atomic mass is 10.1. The molecule has 1 heterocycles. The number of hydrogen-bond donors (Lipinski definition) is 1. The van der Waals surface area contributed by atoms with Crippen LogP contribution < -0.4 is 14.8 Å². The first kappa shape index (κ1) is 18.0. The normalized spacial score (nSPS) is 12.5. The fraction of sp³-hybridized carbons (Fsp3) is 0.333. The summed E-state index contributed by atoms with van der Waals surface area (Å²) in [6, 6.07) is 15.3. The number of carbonyl (C=O) groups is 2. The summed E-state index contributed by atoms with van der Waals surface area (Å²) in [7, 11) is 0. The van der Waals surface area contributed by atoms with E-state index in [-0.39, 0.29) is 24.5 Å². The van der Waals surface area contributed by atoms with Gasteiger partial charge in [0.2, 0.25) is 5.91 Å². The van der Waals surface area contributed by atoms with E-state index < -0.39 is 0 Å². The number of ketones is 1. The molecule has 0 radical (unpaired) electrons. The molecule has 2 aromatic rings. The van der Waals surface area contributed by atoms with Crippen LogP contribution in [0.4, 0.5) is 0 Å². The Labute approximate surface area is 153 Å². The van der Waals surface area contributed by atoms with Gasteiger partial charge in [-0.3, -0.25) is 9.59 Å². The van der Waals surface area contributed by atoms with E-state index in [0.717, 1.165) is 12.8 Å². The Bertz CT molecular complexity index is 758. The van der Waals surface area contributed by atoms with Crippen molar-refractivity contribution in [1.29, 1.82) is 0 Å². The third kappa shape index (κ3) is 5.09. The van der Waals surface area contributed by atoms with Crippen molar-refractivity contribution >= 4 is 11.7 Å². The van der Waals surface area contributed by atoms with Crippen LogP contribution in [0.5, 0.6) is 11.5 Å². The molecule has 1 aliphatic heterocycles. The smallest absolute Gasteiger partial charge is 0.220 e. The quantitative estimate of drug-likeness (QED) is 0.585. The first-order chi connectivity index (χ1) is 12.7. The maximum absolute atomic E-state index is 12.3. The van der Waals surface area contributed by atoms with Crippen LogP contribution in [0.25, 0.3) is 0 Å². The Morgan fingerprint density at radius 2 is 1.69 bits per heavy atom. The molecule has 0 aliphatic carbocycles. The molecule has 0 bridgehead atoms. The number of carbonyl (C=O) groups excluding carboxylic acids is 2. The first-order valence-electron chi connectivity index (χ1n) is 8.96. The minimum Gasteiger partial charge on any atom is -0.486 e. The SMILES string of the molecule is O=C(CCC(=O)c1ccc2c(c1)OCCO2)NCCCc1ccccc1. The van der Waals surface area contributed by atoms with Crippen LogP contribution in [0.2, 0.25) is 0 Å². The second-order valence-electron chi connectivity index (χ2n) is 6.22. The van der Waals surface area contributed by atoms with E-state index in [9.17, 15) is 9.59 Å². The predicted molar refractivity (Wildman–Crippen MR) is 98.8 cm³/mol. The average molecular weight is 353 g/mol. The topological polar surface area (TPSA) is 64.6 Å². The highest BCUT2D eigenvalue weighted by atomic mass is 16.6. The van der Waals surface area contributed by atoms with Crippen molar-refractivity contribution in [3.05, 3.63) is 59.7 Å². The van der Waals surface area contributed by atoms with Gasteiger partial charge in [-0.1, -0.05) is 30.3 Å². The van der Waals surface area contributed by atoms with Crippen molar-refractivity contribution in [3.63, 3.8) is 0 Å². The van der Waals surface area contributed by atoms with Gasteiger partial charge in [0.25, 0.3) is 0 Å². The van der Waals surface area contributed by atoms with Crippen LogP contribution in [-0.4, -0.2) is 31.4 Å². The van der Waals surface area contributed by atoms with Gasteiger partial charge in [0, 0.05) is 24.9 Å². The zero-order valence-electron chi connectivity index (χ0n) is 14.7. The number of benzene rings is 2. The third-order valence-corrected chi connectivity index (χ3v) is 4.25. The predicted octanol–water partition coefficient (Wildman–Crippen LogP) is 3.17. The van der Waals surface area contributed by atoms with Crippen LogP contribution in [0.15, 0.2) is 48.5 Å². The fourth-order valence-electron chi connectivity index (χ4n) is 2.84. The molecular formula is C21H23NO4. The lowest BCUT2D eigenvalue weighted by molar-refractivity contribution is -0.121. The van der Waals surface area contributed by atoms with E-state index in [0.29, 0.717) is 36.8 Å². The molecule has 0 unspecified atom stereocenters. The lowest BCUT2D eigenvalue weighted by Crippen LogP contribution is -2.25. The molecule has 0 aromatic heterocycles. The molecule has 5 heteroatoms. The molecular weight excluding hydrogens is 330 g/mol. The average Bonchev–Trinajstić information content (AvgIpc) is 2.70. The first-order valence-corrected chi connectivity index (χ1v) is 8.96. The van der Waals surface area contributed by atoms with Gasteiger partial charge in [0.1, 0.15) is 13.2 Å². The second kappa shape index (κ2) is 9.04. The van der Waals surface area contributed by atoms with Crippen molar-refractivity contribution in [3.8, 4) is 11.5 Å². The van der Waals surface area contributed by atoms with Gasteiger partial charge in [-0.2, -0.15) is 0 Å². The highest BCUT2D eigenvalue weighted by molar-refractivity contribution is 5.98. The Balaban J connectivity index is 1.38. The summed E-state index contributed by atoms with van der Waals surface area (Å²) in [5.74, 6) is 1.08. The van der Waals surface area contributed by atoms with Gasteiger partial charge in [0.05, 0.1) is 0 Å². The number of amides is 1. The van der Waals surface area contributed by atoms with Crippen molar-refractivity contribution < 1.29 is 19.1 Å². The van der Waals surface area contributed by atoms with Gasteiger partial charge in [-0.15, -0.1) is 0 Å². The van der Waals surface area contributed by atoms with E-state index in [1.54, 1.807) is 18.2 Å². The molecule has 3 rings (SSSR count). The highest BCUT2D eigenvalue weighted by Gasteiger charge is 2.15. The van der Waals surface area contributed by atoms with Crippen LogP contribution in [0.1, 0.15) is 35.2 Å². The molecule has 1 N–H and O–H groups in total. The Hall–Kier alpha value is -2.82. The number of ether oxygens (including phenoxy) is 2. The number of Topliss-reactive ketones (excluding diaryl/α,β-unsaturated/α-hetero) is 1. The van der Waals surface area contributed by atoms with Crippen LogP contribution in [0, 0.1) is 0 Å². The zero-order valence-corrected chi connectivity index (χ0v) is 14.7. The van der Waals surface area contributed by atoms with E-state index in [1.807, 2.05) is 18.2 Å². The summed E-state index contributed by atoms with van der Waals surface area (Å²) >= 11 is 0. The molecule has 5 nitrogen and oxygen atoms in total. The maximum atomic E-state index is 12.3. The molecule has 0 spiro atoms. The number of rotatable bonds is 8. The van der Waals surface area contributed by atoms with Crippen LogP contribution in [0.3, 0.4) is 0 Å². The lowest BCUT2D eigenvalue weighted by Gasteiger charge is -2.18. The molecule has 0 fully saturated rings. The standard InChI is InChI=1S/C21H23NO4/c23-18(17-8-10-19-20(15-17)26-14-13-25-19)9-11-21(24)22-12-4-7-16-5-2-1-3-6-16/h1-3,5-6,8,10,15H,4,7,9,11-14H2,(H,22,24). The summed E-state index contributed by atoms with van der Waals surface area (Å²) in [6.07, 6.45) is 2.19. The van der Waals surface area contributed by atoms with Gasteiger partial charge < -0.3 is 14.8 Å². The molecule has 0 saturated carbocycles. The minimum atomic E-state index is -0.0936. The Kier molecular flexibility index (Phi) is 6.25. The van der Waals surface area contributed by atoms with Crippen molar-refractivity contribution in [2.24, 2.45) is 0 Å². The van der Waals surface area contributed by atoms with Crippen molar-refractivity contribution in [2.45, 2.75) is 25.7 Å². The van der Waals surface area contributed by atoms with E-state index in [4.69, 9.17) is 9.47 Å². The summed E-state index contributed by atoms with van der Waals surface area (Å²) < 4.78 is 10.9. The van der Waals surface area contributed by atoms with Gasteiger partial charge in [-0.25, -0.2) is 0 Å². The van der Waals surface area contributed by atoms with Crippen LogP contribution in [-0.2, 0) is 11.2 Å². The van der Waals surface area contributed by atoms with Gasteiger partial charge in [0.15, 0.2) is 17.3 Å². The van der Waals surface area contributed by atoms with E-state index >= 15 is 0 Å². The molecule has 0 atom stereocenters. The molecule has 26 heavy (non-hydrogen) atoms. The monoisotopic (exact) mass is 353 g/mol. The molecule has 1 amide bonds. The summed E-state index contributed by atoms with van der Waals surface area (Å²) in [4.78, 5) is 24.2. The third-order valence-electron chi connectivity index (χ3n) is 4.25. The molecule has 2 aromatic carbocycles. The number of fused-ring (bicyclic) bond motifs is 1. The molecule has 136 valence electrons. The fourth-order valence-corrected chi connectivity index (χ4v) is 2.84. The second-order valence-corrected chi connectivity index (χ2v) is 6.22. The van der Waals surface area contributed by atoms with Crippen molar-refractivity contribution in [1.82, 2.24) is 5.32 Å². The Morgan fingerprint density at radius 3 is 2.50 bits per heavy atom. The molecule has 0 saturated heterocycles. The summed E-state index contributed by atoms with van der Waals surface area (Å²) in [5.41, 5.74) is 1.81. The van der Waals surface area contributed by atoms with E-state index in [1.165, 1.54) is 5.56 Å². The number of aryl methyl sites for hydroxylation is 1. The van der Waals surface area contributed by atoms with Crippen molar-refractivity contribution in [2.75, 3.05) is 19.8 Å². The van der Waals surface area contributed by atoms with Crippen LogP contribution >= 0.6 is 0 Å². The summed E-state index contributed by atoms with van der Waals surface area (Å²) in [6.45, 7) is 1.62. The largest absolute Gasteiger partial charge is 0.486 e.